The third kappa shape index (κ3) is 1.65. The SMILES string of the molecule is Cn1nc(N)nc1-c1ccc(F)c(F)c1. The lowest BCUT2D eigenvalue weighted by molar-refractivity contribution is 0.509. The number of nitrogen functional groups attached to an aromatic ring is 1. The summed E-state index contributed by atoms with van der Waals surface area (Å²) in [7, 11) is 1.62. The van der Waals surface area contributed by atoms with Gasteiger partial charge in [0.1, 0.15) is 0 Å². The van der Waals surface area contributed by atoms with E-state index in [4.69, 9.17) is 5.73 Å². The topological polar surface area (TPSA) is 56.7 Å². The van der Waals surface area contributed by atoms with Gasteiger partial charge in [0, 0.05) is 12.6 Å². The minimum Gasteiger partial charge on any atom is -0.366 e. The highest BCUT2D eigenvalue weighted by atomic mass is 19.2. The number of aromatic nitrogens is 3. The van der Waals surface area contributed by atoms with Gasteiger partial charge in [-0.1, -0.05) is 0 Å². The maximum Gasteiger partial charge on any atom is 0.240 e. The van der Waals surface area contributed by atoms with Crippen LogP contribution in [0.25, 0.3) is 11.4 Å². The molecule has 0 aliphatic rings. The number of hydrogen-bond acceptors (Lipinski definition) is 3. The monoisotopic (exact) mass is 210 g/mol. The highest BCUT2D eigenvalue weighted by Gasteiger charge is 2.10. The summed E-state index contributed by atoms with van der Waals surface area (Å²) in [5.74, 6) is -1.33. The second kappa shape index (κ2) is 3.30. The number of hydrogen-bond donors (Lipinski definition) is 1. The number of aryl methyl sites for hydroxylation is 1. The van der Waals surface area contributed by atoms with Crippen LogP contribution in [-0.2, 0) is 7.05 Å². The van der Waals surface area contributed by atoms with Gasteiger partial charge in [-0.25, -0.2) is 13.5 Å². The molecule has 0 amide bonds. The van der Waals surface area contributed by atoms with Crippen molar-refractivity contribution in [1.29, 1.82) is 0 Å². The Balaban J connectivity index is 2.54. The minimum atomic E-state index is -0.922. The molecule has 0 atom stereocenters. The molecular formula is C9H8F2N4. The molecular weight excluding hydrogens is 202 g/mol. The Kier molecular flexibility index (Phi) is 2.11. The molecule has 0 unspecified atom stereocenters. The Morgan fingerprint density at radius 3 is 2.53 bits per heavy atom. The van der Waals surface area contributed by atoms with Crippen molar-refractivity contribution < 1.29 is 8.78 Å². The molecule has 0 aliphatic heterocycles. The Morgan fingerprint density at radius 1 is 1.27 bits per heavy atom. The molecule has 1 aromatic carbocycles. The molecule has 0 fully saturated rings. The molecule has 15 heavy (non-hydrogen) atoms. The molecule has 0 bridgehead atoms. The Morgan fingerprint density at radius 2 is 2.00 bits per heavy atom. The Bertz CT molecular complexity index is 507. The van der Waals surface area contributed by atoms with Gasteiger partial charge >= 0.3 is 0 Å². The maximum atomic E-state index is 12.9. The van der Waals surface area contributed by atoms with Crippen molar-refractivity contribution in [2.24, 2.45) is 7.05 Å². The van der Waals surface area contributed by atoms with Crippen molar-refractivity contribution in [3.63, 3.8) is 0 Å². The molecule has 2 N–H and O–H groups in total. The van der Waals surface area contributed by atoms with Crippen molar-refractivity contribution >= 4 is 5.95 Å². The molecule has 0 saturated heterocycles. The number of nitrogens with two attached hydrogens (primary N) is 1. The molecule has 1 heterocycles. The zero-order valence-electron chi connectivity index (χ0n) is 7.91. The third-order valence-electron chi connectivity index (χ3n) is 1.96. The van der Waals surface area contributed by atoms with Gasteiger partial charge in [0.15, 0.2) is 17.5 Å². The first kappa shape index (κ1) is 9.57. The fraction of sp³-hybridized carbons (Fsp3) is 0.111. The second-order valence-electron chi connectivity index (χ2n) is 3.05. The summed E-state index contributed by atoms with van der Waals surface area (Å²) >= 11 is 0. The van der Waals surface area contributed by atoms with Crippen molar-refractivity contribution in [3.05, 3.63) is 29.8 Å². The van der Waals surface area contributed by atoms with E-state index in [1.165, 1.54) is 10.7 Å². The first-order chi connectivity index (χ1) is 7.08. The first-order valence-electron chi connectivity index (χ1n) is 4.20. The van der Waals surface area contributed by atoms with Crippen LogP contribution in [0.15, 0.2) is 18.2 Å². The number of rotatable bonds is 1. The van der Waals surface area contributed by atoms with Crippen molar-refractivity contribution in [2.75, 3.05) is 5.73 Å². The Hall–Kier alpha value is -1.98. The van der Waals surface area contributed by atoms with Crippen LogP contribution in [0.4, 0.5) is 14.7 Å². The lowest BCUT2D eigenvalue weighted by Crippen LogP contribution is -1.95. The third-order valence-corrected chi connectivity index (χ3v) is 1.96. The average molecular weight is 210 g/mol. The quantitative estimate of drug-likeness (QED) is 0.772. The summed E-state index contributed by atoms with van der Waals surface area (Å²) in [6.45, 7) is 0. The zero-order valence-corrected chi connectivity index (χ0v) is 7.91. The molecule has 0 spiro atoms. The van der Waals surface area contributed by atoms with Crippen LogP contribution in [0.5, 0.6) is 0 Å². The molecule has 1 aromatic heterocycles. The Labute approximate surface area is 84.4 Å². The van der Waals surface area contributed by atoms with E-state index < -0.39 is 11.6 Å². The number of benzene rings is 1. The summed E-state index contributed by atoms with van der Waals surface area (Å²) in [4.78, 5) is 3.89. The van der Waals surface area contributed by atoms with Crippen molar-refractivity contribution in [2.45, 2.75) is 0 Å². The van der Waals surface area contributed by atoms with Gasteiger partial charge in [0.05, 0.1) is 0 Å². The highest BCUT2D eigenvalue weighted by molar-refractivity contribution is 5.56. The fourth-order valence-electron chi connectivity index (χ4n) is 1.29. The van der Waals surface area contributed by atoms with Gasteiger partial charge in [0.25, 0.3) is 0 Å². The van der Waals surface area contributed by atoms with Gasteiger partial charge in [-0.15, -0.1) is 5.10 Å². The number of anilines is 1. The van der Waals surface area contributed by atoms with Crippen LogP contribution in [0.2, 0.25) is 0 Å². The molecule has 2 rings (SSSR count). The van der Waals surface area contributed by atoms with Crippen LogP contribution >= 0.6 is 0 Å². The number of halogens is 2. The van der Waals surface area contributed by atoms with Crippen molar-refractivity contribution in [3.8, 4) is 11.4 Å². The van der Waals surface area contributed by atoms with E-state index in [0.29, 0.717) is 11.4 Å². The fourth-order valence-corrected chi connectivity index (χ4v) is 1.29. The minimum absolute atomic E-state index is 0.0947. The number of nitrogens with zero attached hydrogens (tertiary/aromatic N) is 3. The lowest BCUT2D eigenvalue weighted by atomic mass is 10.2. The molecule has 0 radical (unpaired) electrons. The van der Waals surface area contributed by atoms with Gasteiger partial charge in [-0.2, -0.15) is 4.98 Å². The standard InChI is InChI=1S/C9H8F2N4/c1-15-8(13-9(12)14-15)5-2-3-6(10)7(11)4-5/h2-4H,1H3,(H2,12,14). The largest absolute Gasteiger partial charge is 0.366 e. The lowest BCUT2D eigenvalue weighted by Gasteiger charge is -2.00. The van der Waals surface area contributed by atoms with E-state index in [-0.39, 0.29) is 5.95 Å². The highest BCUT2D eigenvalue weighted by Crippen LogP contribution is 2.19. The molecule has 4 nitrogen and oxygen atoms in total. The van der Waals surface area contributed by atoms with Crippen LogP contribution in [0, 0.1) is 11.6 Å². The first-order valence-corrected chi connectivity index (χ1v) is 4.20. The van der Waals surface area contributed by atoms with Gasteiger partial charge in [-0.3, -0.25) is 0 Å². The van der Waals surface area contributed by atoms with Gasteiger partial charge in [-0.05, 0) is 18.2 Å². The van der Waals surface area contributed by atoms with Crippen LogP contribution < -0.4 is 5.73 Å². The van der Waals surface area contributed by atoms with Crippen molar-refractivity contribution in [1.82, 2.24) is 14.8 Å². The normalized spacial score (nSPS) is 10.6. The average Bonchev–Trinajstić information content (AvgIpc) is 2.50. The smallest absolute Gasteiger partial charge is 0.240 e. The molecule has 6 heteroatoms. The molecule has 0 saturated carbocycles. The van der Waals surface area contributed by atoms with Crippen LogP contribution in [0.3, 0.4) is 0 Å². The molecule has 78 valence electrons. The van der Waals surface area contributed by atoms with E-state index in [2.05, 4.69) is 10.1 Å². The van der Waals surface area contributed by atoms with E-state index >= 15 is 0 Å². The van der Waals surface area contributed by atoms with Gasteiger partial charge in [0.2, 0.25) is 5.95 Å². The predicted octanol–water partition coefficient (Wildman–Crippen LogP) is 1.34. The summed E-state index contributed by atoms with van der Waals surface area (Å²) in [6.07, 6.45) is 0. The summed E-state index contributed by atoms with van der Waals surface area (Å²) < 4.78 is 27.0. The van der Waals surface area contributed by atoms with E-state index in [1.807, 2.05) is 0 Å². The summed E-state index contributed by atoms with van der Waals surface area (Å²) in [6, 6.07) is 3.51. The van der Waals surface area contributed by atoms with E-state index in [1.54, 1.807) is 7.05 Å². The summed E-state index contributed by atoms with van der Waals surface area (Å²) in [5.41, 5.74) is 5.80. The molecule has 2 aromatic rings. The van der Waals surface area contributed by atoms with Crippen LogP contribution in [0.1, 0.15) is 0 Å². The van der Waals surface area contributed by atoms with Gasteiger partial charge < -0.3 is 5.73 Å². The molecule has 0 aliphatic carbocycles. The second-order valence-corrected chi connectivity index (χ2v) is 3.05. The van der Waals surface area contributed by atoms with Crippen LogP contribution in [-0.4, -0.2) is 14.8 Å². The summed E-state index contributed by atoms with van der Waals surface area (Å²) in [5, 5.41) is 3.81. The maximum absolute atomic E-state index is 12.9. The van der Waals surface area contributed by atoms with E-state index in [0.717, 1.165) is 12.1 Å². The predicted molar refractivity (Wildman–Crippen MR) is 50.8 cm³/mol. The zero-order chi connectivity index (χ0) is 11.0. The van der Waals surface area contributed by atoms with E-state index in [9.17, 15) is 8.78 Å².